The summed E-state index contributed by atoms with van der Waals surface area (Å²) < 4.78 is 4.70. The molecular weight excluding hydrogens is 919 g/mol. The number of nitriles is 2. The molecule has 10 aromatic rings. The Morgan fingerprint density at radius 1 is 0.653 bits per heavy atom. The van der Waals surface area contributed by atoms with Gasteiger partial charge in [-0.15, -0.1) is 24.4 Å². The second kappa shape index (κ2) is 19.4. The van der Waals surface area contributed by atoms with Gasteiger partial charge in [0, 0.05) is 59.6 Å². The number of allylic oxidation sites excluding steroid dienone is 1. The van der Waals surface area contributed by atoms with E-state index in [1.807, 2.05) is 78.9 Å². The van der Waals surface area contributed by atoms with Crippen molar-refractivity contribution >= 4 is 81.6 Å². The second-order valence-corrected chi connectivity index (χ2v) is 19.6. The molecule has 1 aliphatic rings. The Balaban J connectivity index is 1.06. The van der Waals surface area contributed by atoms with Crippen LogP contribution in [0.4, 0.5) is 0 Å². The van der Waals surface area contributed by atoms with E-state index in [0.717, 1.165) is 89.9 Å². The van der Waals surface area contributed by atoms with Crippen molar-refractivity contribution < 1.29 is 0 Å². The highest BCUT2D eigenvalue weighted by Gasteiger charge is 2.22. The maximum atomic E-state index is 10.1. The zero-order chi connectivity index (χ0) is 49.5. The number of nitrogens with zero attached hydrogens (tertiary/aromatic N) is 7. The quantitative estimate of drug-likeness (QED) is 0.0676. The van der Waals surface area contributed by atoms with Crippen LogP contribution >= 0.6 is 24.4 Å². The normalized spacial score (nSPS) is 12.7. The van der Waals surface area contributed by atoms with Crippen LogP contribution in [0.2, 0.25) is 0 Å². The zero-order valence-corrected chi connectivity index (χ0v) is 41.8. The summed E-state index contributed by atoms with van der Waals surface area (Å²) in [7, 11) is 0. The molecule has 0 radical (unpaired) electrons. The number of rotatable bonds is 9. The molecule has 11 rings (SSSR count). The van der Waals surface area contributed by atoms with E-state index in [9.17, 15) is 10.5 Å². The third-order valence-corrected chi connectivity index (χ3v) is 14.6. The summed E-state index contributed by atoms with van der Waals surface area (Å²) in [6.07, 6.45) is 6.44. The van der Waals surface area contributed by atoms with Gasteiger partial charge in [0.1, 0.15) is 0 Å². The van der Waals surface area contributed by atoms with E-state index in [4.69, 9.17) is 22.6 Å². The number of hydrogen-bond acceptors (Lipinski definition) is 5. The second-order valence-electron chi connectivity index (χ2n) is 18.2. The Kier molecular flexibility index (Phi) is 12.4. The van der Waals surface area contributed by atoms with Crippen molar-refractivity contribution in [3.8, 4) is 45.8 Å². The van der Waals surface area contributed by atoms with Gasteiger partial charge in [-0.2, -0.15) is 10.5 Å². The van der Waals surface area contributed by atoms with Crippen molar-refractivity contribution in [2.75, 3.05) is 6.26 Å². The molecule has 0 N–H and O–H groups in total. The summed E-state index contributed by atoms with van der Waals surface area (Å²) in [4.78, 5) is 17.1. The molecule has 0 saturated carbocycles. The number of aliphatic imine (C=N–C) groups is 3. The number of aryl methyl sites for hydroxylation is 1. The fourth-order valence-corrected chi connectivity index (χ4v) is 10.7. The van der Waals surface area contributed by atoms with Gasteiger partial charge >= 0.3 is 0 Å². The molecule has 0 spiro atoms. The van der Waals surface area contributed by atoms with Gasteiger partial charge in [-0.05, 0) is 171 Å². The minimum Gasteiger partial charge on any atom is -0.313 e. The lowest BCUT2D eigenvalue weighted by Crippen LogP contribution is -2.08. The molecule has 0 saturated heterocycles. The van der Waals surface area contributed by atoms with Crippen molar-refractivity contribution in [2.45, 2.75) is 43.0 Å². The predicted octanol–water partition coefficient (Wildman–Crippen LogP) is 15.6. The Morgan fingerprint density at radius 2 is 1.40 bits per heavy atom. The molecule has 0 unspecified atom stereocenters. The highest BCUT2D eigenvalue weighted by Crippen LogP contribution is 2.40. The van der Waals surface area contributed by atoms with Crippen LogP contribution in [-0.2, 0) is 13.0 Å². The van der Waals surface area contributed by atoms with E-state index in [0.29, 0.717) is 29.3 Å². The van der Waals surface area contributed by atoms with Crippen molar-refractivity contribution in [2.24, 2.45) is 15.0 Å². The summed E-state index contributed by atoms with van der Waals surface area (Å²) in [5, 5.41) is 23.4. The maximum absolute atomic E-state index is 10.1. The van der Waals surface area contributed by atoms with Crippen LogP contribution < -0.4 is 0 Å². The van der Waals surface area contributed by atoms with Crippen molar-refractivity contribution in [3.63, 3.8) is 0 Å². The number of aromatic nitrogens is 2. The lowest BCUT2D eigenvalue weighted by atomic mass is 9.96. The summed E-state index contributed by atoms with van der Waals surface area (Å²) >= 11 is 6.48. The molecule has 1 aliphatic carbocycles. The first kappa shape index (κ1) is 45.9. The number of hydrogen-bond donors (Lipinski definition) is 1. The molecule has 2 aromatic heterocycles. The Morgan fingerprint density at radius 3 is 2.18 bits per heavy atom. The van der Waals surface area contributed by atoms with Gasteiger partial charge in [0.05, 0.1) is 52.0 Å². The number of thioether (sulfide) groups is 1. The molecule has 346 valence electrons. The van der Waals surface area contributed by atoms with Gasteiger partial charge in [0.25, 0.3) is 0 Å². The molecule has 0 amide bonds. The molecular formula is C63H47N7S2. The number of amidine groups is 2. The lowest BCUT2D eigenvalue weighted by Gasteiger charge is -2.17. The van der Waals surface area contributed by atoms with E-state index >= 15 is 0 Å². The molecule has 72 heavy (non-hydrogen) atoms. The first-order valence-corrected chi connectivity index (χ1v) is 25.5. The van der Waals surface area contributed by atoms with E-state index in [1.54, 1.807) is 11.8 Å². The first-order valence-electron chi connectivity index (χ1n) is 23.8. The standard InChI is InChI=1S/C63H47N7S2/c1-39-12-25-58-53(30-39)54-31-40(2)13-26-59(54)69(58)48-21-18-44(19-22-48)62(66-3)68-63(67-38-41-14-16-43(17-15-41)51-11-6-5-9-47(51)37-65)46-20-27-57(52(33-46)45-10-7-8-42(32-45)36-64)70-60-28-23-49(71)34-55(60)56-35-50(72-4)24-29-61(56)70/h5-12,14-25,27-35,71H,3,13,26,38H2,1-2,4H3. The average Bonchev–Trinajstić information content (AvgIpc) is 3.91. The van der Waals surface area contributed by atoms with Gasteiger partial charge in [-0.25, -0.2) is 9.98 Å². The minimum atomic E-state index is 0.319. The van der Waals surface area contributed by atoms with Gasteiger partial charge in [0.15, 0.2) is 11.7 Å². The third-order valence-electron chi connectivity index (χ3n) is 13.6. The highest BCUT2D eigenvalue weighted by molar-refractivity contribution is 7.98. The predicted molar refractivity (Wildman–Crippen MR) is 303 cm³/mol. The third kappa shape index (κ3) is 8.53. The number of benzene rings is 8. The molecule has 0 aliphatic heterocycles. The van der Waals surface area contributed by atoms with Crippen LogP contribution in [0.3, 0.4) is 0 Å². The minimum absolute atomic E-state index is 0.319. The van der Waals surface area contributed by atoms with Gasteiger partial charge in [-0.1, -0.05) is 77.9 Å². The number of fused-ring (bicyclic) bond motifs is 6. The van der Waals surface area contributed by atoms with Crippen LogP contribution in [-0.4, -0.2) is 33.8 Å². The molecule has 7 nitrogen and oxygen atoms in total. The maximum Gasteiger partial charge on any atom is 0.161 e. The summed E-state index contributed by atoms with van der Waals surface area (Å²) in [6.45, 7) is 8.73. The van der Waals surface area contributed by atoms with Crippen LogP contribution in [0.1, 0.15) is 58.0 Å². The smallest absolute Gasteiger partial charge is 0.161 e. The fraction of sp³-hybridized carbons (Fsp3) is 0.0952. The largest absolute Gasteiger partial charge is 0.313 e. The molecule has 0 bridgehead atoms. The Hall–Kier alpha value is -8.47. The first-order chi connectivity index (χ1) is 35.2. The molecule has 8 aromatic carbocycles. The lowest BCUT2D eigenvalue weighted by molar-refractivity contribution is 0.856. The van der Waals surface area contributed by atoms with Crippen molar-refractivity contribution in [3.05, 3.63) is 220 Å². The van der Waals surface area contributed by atoms with Crippen LogP contribution in [0.15, 0.2) is 200 Å². The van der Waals surface area contributed by atoms with Crippen molar-refractivity contribution in [1.29, 1.82) is 10.5 Å². The Bertz CT molecular complexity index is 4000. The van der Waals surface area contributed by atoms with Crippen LogP contribution in [0.5, 0.6) is 0 Å². The Labute approximate surface area is 428 Å². The topological polar surface area (TPSA) is 94.5 Å². The fourth-order valence-electron chi connectivity index (χ4n) is 10.1. The monoisotopic (exact) mass is 965 g/mol. The summed E-state index contributed by atoms with van der Waals surface area (Å²) in [6, 6.07) is 62.5. The van der Waals surface area contributed by atoms with Gasteiger partial charge in [-0.3, -0.25) is 4.99 Å². The van der Waals surface area contributed by atoms with E-state index in [-0.39, 0.29) is 0 Å². The summed E-state index contributed by atoms with van der Waals surface area (Å²) in [5.41, 5.74) is 17.9. The zero-order valence-electron chi connectivity index (χ0n) is 40.1. The van der Waals surface area contributed by atoms with Crippen molar-refractivity contribution in [1.82, 2.24) is 9.13 Å². The molecule has 9 heteroatoms. The van der Waals surface area contributed by atoms with Crippen LogP contribution in [0.25, 0.3) is 72.4 Å². The molecule has 2 heterocycles. The SMILES string of the molecule is C=NC(=NC(=NCc1ccc(-c2ccccc2C#N)cc1)c1ccc(-n2c3ccc(S)cc3c3cc(SC)ccc32)c(-c2cccc(C#N)c2)c1)c1ccc(-n2c3c(c4cc(C)ccc42)C=C(C)CC3)cc1. The highest BCUT2D eigenvalue weighted by atomic mass is 32.2. The van der Waals surface area contributed by atoms with Gasteiger partial charge in [0.2, 0.25) is 0 Å². The molecule has 0 atom stereocenters. The average molecular weight is 966 g/mol. The van der Waals surface area contributed by atoms with E-state index in [2.05, 4.69) is 150 Å². The number of thiol groups is 1. The van der Waals surface area contributed by atoms with Gasteiger partial charge < -0.3 is 9.13 Å². The summed E-state index contributed by atoms with van der Waals surface area (Å²) in [5.74, 6) is 0.906. The van der Waals surface area contributed by atoms with Crippen LogP contribution in [0, 0.1) is 29.6 Å². The molecule has 0 fully saturated rings. The van der Waals surface area contributed by atoms with E-state index < -0.39 is 0 Å². The van der Waals surface area contributed by atoms with E-state index in [1.165, 1.54) is 38.2 Å².